The van der Waals surface area contributed by atoms with E-state index in [-0.39, 0.29) is 23.4 Å². The highest BCUT2D eigenvalue weighted by Gasteiger charge is 2.41. The second kappa shape index (κ2) is 7.39. The molecule has 31 heavy (non-hydrogen) atoms. The molecule has 164 valence electrons. The largest absolute Gasteiger partial charge is 0.331 e. The van der Waals surface area contributed by atoms with Crippen LogP contribution in [0.3, 0.4) is 0 Å². The quantitative estimate of drug-likeness (QED) is 0.796. The van der Waals surface area contributed by atoms with Gasteiger partial charge in [-0.3, -0.25) is 14.4 Å². The number of rotatable bonds is 3. The number of carbonyl (C=O) groups is 2. The van der Waals surface area contributed by atoms with Gasteiger partial charge in [-0.1, -0.05) is 32.0 Å². The van der Waals surface area contributed by atoms with Crippen LogP contribution in [-0.4, -0.2) is 34.3 Å². The van der Waals surface area contributed by atoms with Crippen LogP contribution in [-0.2, 0) is 17.3 Å². The first-order chi connectivity index (χ1) is 14.8. The Hall–Kier alpha value is -2.83. The van der Waals surface area contributed by atoms with E-state index >= 15 is 0 Å². The van der Waals surface area contributed by atoms with E-state index in [2.05, 4.69) is 47.8 Å². The molecule has 1 aliphatic heterocycles. The Morgan fingerprint density at radius 1 is 1.16 bits per heavy atom. The normalized spacial score (nSPS) is 26.5. The smallest absolute Gasteiger partial charge is 0.315 e. The summed E-state index contributed by atoms with van der Waals surface area (Å²) in [5.41, 5.74) is 4.30. The van der Waals surface area contributed by atoms with E-state index in [1.165, 1.54) is 23.1 Å². The molecule has 3 amide bonds. The van der Waals surface area contributed by atoms with Crippen LogP contribution in [0.25, 0.3) is 0 Å². The number of urea groups is 1. The van der Waals surface area contributed by atoms with Gasteiger partial charge in [-0.05, 0) is 60.1 Å². The number of benzene rings is 1. The Bertz CT molecular complexity index is 1030. The summed E-state index contributed by atoms with van der Waals surface area (Å²) in [6.07, 6.45) is 6.58. The standard InChI is InChI=1S/C24H31N5O2/c1-24(2)11-9-15-14-19(16-6-4-7-17(24)21(15)16)26-23(31)25-18-8-5-12-29(22(18)30)20-10-13-28(3)27-20/h4,6-7,10,13,15,18-19H,5,8-9,11-12,14H2,1-3H3,(H2,25,26,31). The van der Waals surface area contributed by atoms with E-state index in [1.807, 2.05) is 19.3 Å². The zero-order chi connectivity index (χ0) is 21.8. The summed E-state index contributed by atoms with van der Waals surface area (Å²) < 4.78 is 1.68. The van der Waals surface area contributed by atoms with Gasteiger partial charge in [0.1, 0.15) is 6.04 Å². The minimum absolute atomic E-state index is 0.000523. The van der Waals surface area contributed by atoms with E-state index in [0.717, 1.165) is 19.3 Å². The van der Waals surface area contributed by atoms with Crippen LogP contribution in [0.2, 0.25) is 0 Å². The molecule has 7 nitrogen and oxygen atoms in total. The molecule has 3 aliphatic rings. The first-order valence-electron chi connectivity index (χ1n) is 11.3. The first-order valence-corrected chi connectivity index (χ1v) is 11.3. The topological polar surface area (TPSA) is 79.3 Å². The Morgan fingerprint density at radius 2 is 1.97 bits per heavy atom. The van der Waals surface area contributed by atoms with Gasteiger partial charge >= 0.3 is 6.03 Å². The molecule has 0 spiro atoms. The van der Waals surface area contributed by atoms with Crippen LogP contribution in [0.1, 0.15) is 74.6 Å². The number of hydrogen-bond acceptors (Lipinski definition) is 3. The summed E-state index contributed by atoms with van der Waals surface area (Å²) in [4.78, 5) is 27.5. The molecule has 7 heteroatoms. The average Bonchev–Trinajstić information content (AvgIpc) is 3.31. The first kappa shape index (κ1) is 20.1. The van der Waals surface area contributed by atoms with E-state index < -0.39 is 6.04 Å². The highest BCUT2D eigenvalue weighted by Crippen LogP contribution is 2.52. The summed E-state index contributed by atoms with van der Waals surface area (Å²) in [7, 11) is 1.83. The molecule has 0 saturated carbocycles. The van der Waals surface area contributed by atoms with Gasteiger partial charge in [-0.2, -0.15) is 5.10 Å². The third kappa shape index (κ3) is 3.50. The summed E-state index contributed by atoms with van der Waals surface area (Å²) in [5.74, 6) is 1.06. The molecule has 1 saturated heterocycles. The van der Waals surface area contributed by atoms with Crippen molar-refractivity contribution >= 4 is 17.8 Å². The molecule has 3 atom stereocenters. The van der Waals surface area contributed by atoms with Gasteiger partial charge in [0.25, 0.3) is 5.91 Å². The van der Waals surface area contributed by atoms with Gasteiger partial charge in [0.15, 0.2) is 5.82 Å². The highest BCUT2D eigenvalue weighted by molar-refractivity contribution is 5.99. The number of amides is 3. The lowest BCUT2D eigenvalue weighted by Crippen LogP contribution is -2.54. The summed E-state index contributed by atoms with van der Waals surface area (Å²) in [6, 6.07) is 7.57. The van der Waals surface area contributed by atoms with Crippen LogP contribution in [0.5, 0.6) is 0 Å². The second-order valence-electron chi connectivity index (χ2n) is 9.87. The molecule has 2 aromatic rings. The summed E-state index contributed by atoms with van der Waals surface area (Å²) in [5, 5.41) is 10.4. The zero-order valence-corrected chi connectivity index (χ0v) is 18.5. The van der Waals surface area contributed by atoms with Crippen molar-refractivity contribution in [3.63, 3.8) is 0 Å². The minimum Gasteiger partial charge on any atom is -0.331 e. The van der Waals surface area contributed by atoms with Crippen molar-refractivity contribution in [2.75, 3.05) is 11.4 Å². The van der Waals surface area contributed by atoms with Crippen molar-refractivity contribution in [3.05, 3.63) is 47.2 Å². The molecule has 0 bridgehead atoms. The monoisotopic (exact) mass is 421 g/mol. The number of hydrogen-bond donors (Lipinski definition) is 2. The van der Waals surface area contributed by atoms with Crippen LogP contribution >= 0.6 is 0 Å². The third-order valence-electron chi connectivity index (χ3n) is 7.32. The fraction of sp³-hybridized carbons (Fsp3) is 0.542. The number of aromatic nitrogens is 2. The second-order valence-corrected chi connectivity index (χ2v) is 9.87. The Kier molecular flexibility index (Phi) is 4.79. The molecular formula is C24H31N5O2. The number of piperidine rings is 1. The maximum Gasteiger partial charge on any atom is 0.315 e. The molecule has 2 heterocycles. The predicted octanol–water partition coefficient (Wildman–Crippen LogP) is 3.51. The van der Waals surface area contributed by atoms with Crippen molar-refractivity contribution in [1.82, 2.24) is 20.4 Å². The Morgan fingerprint density at radius 3 is 2.74 bits per heavy atom. The van der Waals surface area contributed by atoms with Gasteiger partial charge in [0.05, 0.1) is 6.04 Å². The van der Waals surface area contributed by atoms with E-state index in [0.29, 0.717) is 24.7 Å². The molecule has 0 radical (unpaired) electrons. The molecule has 1 aromatic heterocycles. The molecule has 5 rings (SSSR count). The predicted molar refractivity (Wildman–Crippen MR) is 119 cm³/mol. The lowest BCUT2D eigenvalue weighted by atomic mass is 9.69. The fourth-order valence-corrected chi connectivity index (χ4v) is 5.67. The van der Waals surface area contributed by atoms with Gasteiger partial charge in [0.2, 0.25) is 0 Å². The highest BCUT2D eigenvalue weighted by atomic mass is 16.2. The number of anilines is 1. The molecule has 2 aliphatic carbocycles. The molecule has 2 N–H and O–H groups in total. The van der Waals surface area contributed by atoms with Gasteiger partial charge in [0, 0.05) is 25.9 Å². The number of nitrogens with one attached hydrogen (secondary N) is 2. The average molecular weight is 422 g/mol. The third-order valence-corrected chi connectivity index (χ3v) is 7.32. The number of nitrogens with zero attached hydrogens (tertiary/aromatic N) is 3. The van der Waals surface area contributed by atoms with Gasteiger partial charge in [-0.15, -0.1) is 0 Å². The Labute approximate surface area is 183 Å². The maximum atomic E-state index is 13.0. The van der Waals surface area contributed by atoms with Crippen molar-refractivity contribution in [1.29, 1.82) is 0 Å². The number of aryl methyl sites for hydroxylation is 1. The van der Waals surface area contributed by atoms with Crippen molar-refractivity contribution in [2.45, 2.75) is 69.4 Å². The Balaban J connectivity index is 1.28. The van der Waals surface area contributed by atoms with Crippen LogP contribution in [0.15, 0.2) is 30.5 Å². The van der Waals surface area contributed by atoms with Crippen LogP contribution < -0.4 is 15.5 Å². The molecular weight excluding hydrogens is 390 g/mol. The molecule has 1 aromatic carbocycles. The van der Waals surface area contributed by atoms with Gasteiger partial charge in [-0.25, -0.2) is 4.79 Å². The minimum atomic E-state index is -0.520. The summed E-state index contributed by atoms with van der Waals surface area (Å²) in [6.45, 7) is 5.26. The zero-order valence-electron chi connectivity index (χ0n) is 18.5. The van der Waals surface area contributed by atoms with Crippen molar-refractivity contribution in [2.24, 2.45) is 7.05 Å². The van der Waals surface area contributed by atoms with Gasteiger partial charge < -0.3 is 10.6 Å². The van der Waals surface area contributed by atoms with Crippen LogP contribution in [0, 0.1) is 0 Å². The van der Waals surface area contributed by atoms with Crippen LogP contribution in [0.4, 0.5) is 10.6 Å². The lowest BCUT2D eigenvalue weighted by molar-refractivity contribution is -0.121. The maximum absolute atomic E-state index is 13.0. The van der Waals surface area contributed by atoms with Crippen molar-refractivity contribution < 1.29 is 9.59 Å². The fourth-order valence-electron chi connectivity index (χ4n) is 5.67. The van der Waals surface area contributed by atoms with E-state index in [9.17, 15) is 9.59 Å². The molecule has 1 fully saturated rings. The summed E-state index contributed by atoms with van der Waals surface area (Å²) >= 11 is 0. The van der Waals surface area contributed by atoms with E-state index in [4.69, 9.17) is 0 Å². The van der Waals surface area contributed by atoms with E-state index in [1.54, 1.807) is 9.58 Å². The van der Waals surface area contributed by atoms with Crippen molar-refractivity contribution in [3.8, 4) is 0 Å². The SMILES string of the molecule is Cn1ccc(N2CCCC(NC(=O)NC3CC4CCC(C)(C)c5cccc3c54)C2=O)n1. The lowest BCUT2D eigenvalue weighted by Gasteiger charge is -2.35. The molecule has 3 unspecified atom stereocenters. The number of carbonyl (C=O) groups excluding carboxylic acids is 2.